The topological polar surface area (TPSA) is 66.4 Å². The van der Waals surface area contributed by atoms with Gasteiger partial charge in [0, 0.05) is 17.5 Å². The van der Waals surface area contributed by atoms with E-state index in [4.69, 9.17) is 23.2 Å². The number of aromatic nitrogens is 1. The maximum absolute atomic E-state index is 11.4. The number of hydrogen-bond donors (Lipinski definition) is 2. The van der Waals surface area contributed by atoms with Crippen LogP contribution in [-0.2, 0) is 4.79 Å². The van der Waals surface area contributed by atoms with E-state index in [1.54, 1.807) is 35.8 Å². The molecule has 2 heterocycles. The number of carbonyl (C=O) groups is 1. The molecule has 2 N–H and O–H groups in total. The van der Waals surface area contributed by atoms with E-state index in [1.807, 2.05) is 17.5 Å². The summed E-state index contributed by atoms with van der Waals surface area (Å²) in [6.07, 6.45) is 1.59. The van der Waals surface area contributed by atoms with Gasteiger partial charge < -0.3 is 5.32 Å². The van der Waals surface area contributed by atoms with E-state index in [2.05, 4.69) is 20.8 Å². The van der Waals surface area contributed by atoms with E-state index in [9.17, 15) is 4.79 Å². The second-order valence-corrected chi connectivity index (χ2v) is 7.68. The van der Waals surface area contributed by atoms with Crippen LogP contribution in [0.3, 0.4) is 0 Å². The molecule has 0 bridgehead atoms. The first-order chi connectivity index (χ1) is 12.0. The molecule has 0 saturated carbocycles. The molecule has 0 atom stereocenters. The van der Waals surface area contributed by atoms with Crippen LogP contribution in [0.4, 0.5) is 10.1 Å². The summed E-state index contributed by atoms with van der Waals surface area (Å²) in [5.41, 5.74) is 4.32. The molecule has 0 saturated heterocycles. The fraction of sp³-hybridized carbons (Fsp3) is 0.0625. The Balaban J connectivity index is 1.80. The van der Waals surface area contributed by atoms with Crippen LogP contribution in [0.2, 0.25) is 10.0 Å². The number of thiazole rings is 1. The number of benzene rings is 1. The highest BCUT2D eigenvalue weighted by Gasteiger charge is 2.14. The summed E-state index contributed by atoms with van der Waals surface area (Å²) in [6.45, 7) is 1.46. The molecule has 0 aliphatic carbocycles. The third-order valence-corrected chi connectivity index (χ3v) is 5.31. The van der Waals surface area contributed by atoms with Gasteiger partial charge >= 0.3 is 0 Å². The van der Waals surface area contributed by atoms with Crippen molar-refractivity contribution in [3.05, 3.63) is 51.3 Å². The minimum absolute atomic E-state index is 0.149. The number of nitrogens with one attached hydrogen (secondary N) is 2. The Morgan fingerprint density at radius 3 is 2.84 bits per heavy atom. The lowest BCUT2D eigenvalue weighted by Gasteiger charge is -1.99. The fourth-order valence-electron chi connectivity index (χ4n) is 1.96. The number of hydrogen-bond acceptors (Lipinski definition) is 6. The number of thiophene rings is 1. The van der Waals surface area contributed by atoms with Crippen LogP contribution >= 0.6 is 45.9 Å². The van der Waals surface area contributed by atoms with E-state index in [0.717, 1.165) is 16.1 Å². The second kappa shape index (κ2) is 7.97. The zero-order chi connectivity index (χ0) is 17.8. The monoisotopic (exact) mass is 410 g/mol. The van der Waals surface area contributed by atoms with Crippen LogP contribution in [0.25, 0.3) is 10.6 Å². The average molecular weight is 411 g/mol. The van der Waals surface area contributed by atoms with Gasteiger partial charge in [0.1, 0.15) is 10.7 Å². The smallest absolute Gasteiger partial charge is 0.221 e. The van der Waals surface area contributed by atoms with Crippen LogP contribution in [-0.4, -0.2) is 17.1 Å². The SMILES string of the molecule is CC(=O)Nc1sc(N/N=C\c2ccc(Cl)cc2Cl)nc1-c1cccs1. The van der Waals surface area contributed by atoms with E-state index in [1.165, 1.54) is 18.3 Å². The van der Waals surface area contributed by atoms with Gasteiger partial charge in [-0.25, -0.2) is 4.98 Å². The van der Waals surface area contributed by atoms with Crippen LogP contribution < -0.4 is 10.7 Å². The van der Waals surface area contributed by atoms with Crippen molar-refractivity contribution in [2.24, 2.45) is 5.10 Å². The molecule has 3 rings (SSSR count). The second-order valence-electron chi connectivity index (χ2n) is 4.89. The average Bonchev–Trinajstić information content (AvgIpc) is 3.18. The van der Waals surface area contributed by atoms with Gasteiger partial charge in [-0.2, -0.15) is 5.10 Å². The predicted molar refractivity (Wildman–Crippen MR) is 107 cm³/mol. The molecule has 1 amide bonds. The molecule has 128 valence electrons. The summed E-state index contributed by atoms with van der Waals surface area (Å²) >= 11 is 14.8. The number of hydrazone groups is 1. The lowest BCUT2D eigenvalue weighted by Crippen LogP contribution is -2.04. The Hall–Kier alpha value is -1.93. The van der Waals surface area contributed by atoms with Crippen LogP contribution in [0.5, 0.6) is 0 Å². The van der Waals surface area contributed by atoms with Crippen LogP contribution in [0, 0.1) is 0 Å². The number of rotatable bonds is 5. The quantitative estimate of drug-likeness (QED) is 0.425. The molecule has 0 radical (unpaired) electrons. The number of anilines is 2. The van der Waals surface area contributed by atoms with E-state index in [-0.39, 0.29) is 5.91 Å². The molecular weight excluding hydrogens is 399 g/mol. The van der Waals surface area contributed by atoms with Crippen molar-refractivity contribution in [1.82, 2.24) is 4.98 Å². The third-order valence-electron chi connectivity index (χ3n) is 3.00. The van der Waals surface area contributed by atoms with Gasteiger partial charge in [-0.1, -0.05) is 46.7 Å². The maximum Gasteiger partial charge on any atom is 0.221 e. The van der Waals surface area contributed by atoms with Crippen molar-refractivity contribution >= 4 is 68.1 Å². The summed E-state index contributed by atoms with van der Waals surface area (Å²) < 4.78 is 0. The zero-order valence-corrected chi connectivity index (χ0v) is 16.1. The molecule has 5 nitrogen and oxygen atoms in total. The van der Waals surface area contributed by atoms with Gasteiger partial charge in [-0.3, -0.25) is 10.2 Å². The van der Waals surface area contributed by atoms with Crippen LogP contribution in [0.1, 0.15) is 12.5 Å². The van der Waals surface area contributed by atoms with Crippen molar-refractivity contribution in [3.63, 3.8) is 0 Å². The number of halogens is 2. The van der Waals surface area contributed by atoms with E-state index < -0.39 is 0 Å². The zero-order valence-electron chi connectivity index (χ0n) is 12.9. The number of amides is 1. The molecule has 0 aliphatic rings. The highest BCUT2D eigenvalue weighted by atomic mass is 35.5. The number of nitrogens with zero attached hydrogens (tertiary/aromatic N) is 2. The molecule has 0 aliphatic heterocycles. The molecule has 1 aromatic carbocycles. The van der Waals surface area contributed by atoms with Gasteiger partial charge in [0.05, 0.1) is 16.1 Å². The minimum Gasteiger partial charge on any atom is -0.316 e. The van der Waals surface area contributed by atoms with Gasteiger partial charge in [0.25, 0.3) is 0 Å². The Kier molecular flexibility index (Phi) is 5.70. The standard InChI is InChI=1S/C16H12Cl2N4OS2/c1-9(23)20-15-14(13-3-2-6-24-13)21-16(25-15)22-19-8-10-4-5-11(17)7-12(10)18/h2-8H,1H3,(H,20,23)(H,21,22)/b19-8-. The first-order valence-corrected chi connectivity index (χ1v) is 9.54. The molecule has 25 heavy (non-hydrogen) atoms. The molecule has 3 aromatic rings. The Morgan fingerprint density at radius 2 is 2.16 bits per heavy atom. The van der Waals surface area contributed by atoms with Crippen molar-refractivity contribution in [1.29, 1.82) is 0 Å². The summed E-state index contributed by atoms with van der Waals surface area (Å²) in [5, 5.41) is 11.2. The number of carbonyl (C=O) groups excluding carboxylic acids is 1. The molecule has 9 heteroatoms. The van der Waals surface area contributed by atoms with Crippen LogP contribution in [0.15, 0.2) is 40.8 Å². The highest BCUT2D eigenvalue weighted by molar-refractivity contribution is 7.21. The van der Waals surface area contributed by atoms with Crippen molar-refractivity contribution in [2.75, 3.05) is 10.7 Å². The fourth-order valence-corrected chi connectivity index (χ4v) is 4.07. The lowest BCUT2D eigenvalue weighted by molar-refractivity contribution is -0.114. The van der Waals surface area contributed by atoms with Gasteiger partial charge in [0.2, 0.25) is 11.0 Å². The molecule has 0 fully saturated rings. The Bertz CT molecular complexity index is 922. The Labute approximate surface area is 162 Å². The first kappa shape index (κ1) is 17.9. The third kappa shape index (κ3) is 4.58. The van der Waals surface area contributed by atoms with Gasteiger partial charge in [0.15, 0.2) is 0 Å². The van der Waals surface area contributed by atoms with Crippen molar-refractivity contribution < 1.29 is 4.79 Å². The van der Waals surface area contributed by atoms with Gasteiger partial charge in [-0.15, -0.1) is 11.3 Å². The molecule has 0 unspecified atom stereocenters. The maximum atomic E-state index is 11.4. The van der Waals surface area contributed by atoms with E-state index in [0.29, 0.717) is 20.2 Å². The van der Waals surface area contributed by atoms with Gasteiger partial charge in [-0.05, 0) is 23.6 Å². The predicted octanol–water partition coefficient (Wildman–Crippen LogP) is 5.58. The summed E-state index contributed by atoms with van der Waals surface area (Å²) in [6, 6.07) is 9.05. The lowest BCUT2D eigenvalue weighted by atomic mass is 10.2. The summed E-state index contributed by atoms with van der Waals surface area (Å²) in [7, 11) is 0. The molecule has 0 spiro atoms. The van der Waals surface area contributed by atoms with Crippen molar-refractivity contribution in [3.8, 4) is 10.6 Å². The largest absolute Gasteiger partial charge is 0.316 e. The summed E-state index contributed by atoms with van der Waals surface area (Å²) in [4.78, 5) is 16.9. The first-order valence-electron chi connectivity index (χ1n) is 7.09. The highest BCUT2D eigenvalue weighted by Crippen LogP contribution is 2.37. The minimum atomic E-state index is -0.149. The van der Waals surface area contributed by atoms with E-state index >= 15 is 0 Å². The van der Waals surface area contributed by atoms with Crippen molar-refractivity contribution in [2.45, 2.75) is 6.92 Å². The molecular formula is C16H12Cl2N4OS2. The Morgan fingerprint density at radius 1 is 1.32 bits per heavy atom. The normalized spacial score (nSPS) is 11.0. The summed E-state index contributed by atoms with van der Waals surface area (Å²) in [5.74, 6) is -0.149. The molecule has 2 aromatic heterocycles.